The Labute approximate surface area is 87.1 Å². The van der Waals surface area contributed by atoms with E-state index in [1.165, 1.54) is 11.1 Å². The van der Waals surface area contributed by atoms with Gasteiger partial charge in [-0.05, 0) is 39.3 Å². The molecule has 0 N–H and O–H groups in total. The van der Waals surface area contributed by atoms with Gasteiger partial charge in [-0.3, -0.25) is 0 Å². The highest BCUT2D eigenvalue weighted by Gasteiger charge is 1.98. The van der Waals surface area contributed by atoms with Crippen molar-refractivity contribution in [1.29, 1.82) is 0 Å². The molecule has 1 rings (SSSR count). The van der Waals surface area contributed by atoms with E-state index in [-0.39, 0.29) is 0 Å². The maximum absolute atomic E-state index is 2.28. The van der Waals surface area contributed by atoms with Crippen LogP contribution in [0.5, 0.6) is 0 Å². The summed E-state index contributed by atoms with van der Waals surface area (Å²) in [7, 11) is 8.38. The second-order valence-corrected chi connectivity index (χ2v) is 4.30. The molecule has 0 saturated carbocycles. The van der Waals surface area contributed by atoms with Gasteiger partial charge in [0.05, 0.1) is 0 Å². The molecular formula is C12H20N2. The molecule has 0 bridgehead atoms. The van der Waals surface area contributed by atoms with Gasteiger partial charge in [0.2, 0.25) is 0 Å². The molecule has 0 atom stereocenters. The molecule has 2 heteroatoms. The summed E-state index contributed by atoms with van der Waals surface area (Å²) in [6.07, 6.45) is 0. The Bertz CT molecular complexity index is 254. The summed E-state index contributed by atoms with van der Waals surface area (Å²) < 4.78 is 0. The zero-order valence-corrected chi connectivity index (χ0v) is 9.62. The van der Waals surface area contributed by atoms with Crippen LogP contribution in [0.3, 0.4) is 0 Å². The van der Waals surface area contributed by atoms with Crippen molar-refractivity contribution < 1.29 is 0 Å². The zero-order chi connectivity index (χ0) is 10.6. The summed E-state index contributed by atoms with van der Waals surface area (Å²) in [5, 5.41) is 0. The van der Waals surface area contributed by atoms with Crippen LogP contribution in [-0.4, -0.2) is 38.0 Å². The molecule has 1 aromatic rings. The van der Waals surface area contributed by atoms with E-state index in [9.17, 15) is 0 Å². The van der Waals surface area contributed by atoms with Crippen LogP contribution in [0.2, 0.25) is 0 Å². The quantitative estimate of drug-likeness (QED) is 0.718. The Morgan fingerprint density at radius 2 is 1.29 bits per heavy atom. The van der Waals surface area contributed by atoms with E-state index >= 15 is 0 Å². The Morgan fingerprint density at radius 3 is 1.64 bits per heavy atom. The smallest absolute Gasteiger partial charge is 0.0227 e. The topological polar surface area (TPSA) is 6.48 Å². The van der Waals surface area contributed by atoms with E-state index in [4.69, 9.17) is 0 Å². The molecule has 0 spiro atoms. The van der Waals surface area contributed by atoms with Gasteiger partial charge in [-0.25, -0.2) is 0 Å². The van der Waals surface area contributed by atoms with E-state index in [0.29, 0.717) is 0 Å². The molecule has 1 aromatic carbocycles. The van der Waals surface area contributed by atoms with Crippen LogP contribution in [0.4, 0.5) is 0 Å². The lowest BCUT2D eigenvalue weighted by molar-refractivity contribution is 0.395. The summed E-state index contributed by atoms with van der Waals surface area (Å²) >= 11 is 0. The van der Waals surface area contributed by atoms with Gasteiger partial charge < -0.3 is 9.80 Å². The monoisotopic (exact) mass is 192 g/mol. The second kappa shape index (κ2) is 5.13. The SMILES string of the molecule is CN(C)Cc1cccc(CN(C)C)c1. The molecule has 0 aromatic heterocycles. The fraction of sp³-hybridized carbons (Fsp3) is 0.500. The van der Waals surface area contributed by atoms with Gasteiger partial charge in [0.1, 0.15) is 0 Å². The van der Waals surface area contributed by atoms with Crippen molar-refractivity contribution in [1.82, 2.24) is 9.80 Å². The number of nitrogens with zero attached hydrogens (tertiary/aromatic N) is 2. The number of hydrogen-bond acceptors (Lipinski definition) is 2. The average Bonchev–Trinajstić information content (AvgIpc) is 2.01. The minimum atomic E-state index is 1.02. The van der Waals surface area contributed by atoms with E-state index in [1.807, 2.05) is 0 Å². The Kier molecular flexibility index (Phi) is 4.11. The van der Waals surface area contributed by atoms with Gasteiger partial charge in [-0.15, -0.1) is 0 Å². The molecule has 0 radical (unpaired) electrons. The standard InChI is InChI=1S/C12H20N2/c1-13(2)9-11-6-5-7-12(8-11)10-14(3)4/h5-8H,9-10H2,1-4H3. The van der Waals surface area contributed by atoms with E-state index in [1.54, 1.807) is 0 Å². The molecular weight excluding hydrogens is 172 g/mol. The third-order valence-corrected chi connectivity index (χ3v) is 1.99. The van der Waals surface area contributed by atoms with Gasteiger partial charge >= 0.3 is 0 Å². The molecule has 0 amide bonds. The normalized spacial score (nSPS) is 11.3. The minimum absolute atomic E-state index is 1.02. The lowest BCUT2D eigenvalue weighted by atomic mass is 10.1. The molecule has 0 saturated heterocycles. The van der Waals surface area contributed by atoms with E-state index < -0.39 is 0 Å². The second-order valence-electron chi connectivity index (χ2n) is 4.30. The summed E-state index contributed by atoms with van der Waals surface area (Å²) in [5.74, 6) is 0. The maximum atomic E-state index is 2.28. The highest BCUT2D eigenvalue weighted by atomic mass is 15.1. The van der Waals surface area contributed by atoms with Crippen molar-refractivity contribution in [2.24, 2.45) is 0 Å². The summed E-state index contributed by atoms with van der Waals surface area (Å²) in [6, 6.07) is 8.77. The van der Waals surface area contributed by atoms with Gasteiger partial charge in [0.25, 0.3) is 0 Å². The number of benzene rings is 1. The van der Waals surface area contributed by atoms with Crippen molar-refractivity contribution in [2.75, 3.05) is 28.2 Å². The molecule has 0 heterocycles. The van der Waals surface area contributed by atoms with Gasteiger partial charge in [0, 0.05) is 13.1 Å². The number of rotatable bonds is 4. The van der Waals surface area contributed by atoms with Crippen molar-refractivity contribution in [2.45, 2.75) is 13.1 Å². The fourth-order valence-electron chi connectivity index (χ4n) is 1.56. The first-order valence-corrected chi connectivity index (χ1v) is 4.95. The van der Waals surface area contributed by atoms with E-state index in [2.05, 4.69) is 62.3 Å². The first-order valence-electron chi connectivity index (χ1n) is 4.95. The van der Waals surface area contributed by atoms with Gasteiger partial charge in [0.15, 0.2) is 0 Å². The first-order chi connectivity index (χ1) is 6.58. The van der Waals surface area contributed by atoms with Crippen LogP contribution >= 0.6 is 0 Å². The highest BCUT2D eigenvalue weighted by molar-refractivity contribution is 5.23. The Morgan fingerprint density at radius 1 is 0.857 bits per heavy atom. The molecule has 0 aliphatic carbocycles. The molecule has 0 aliphatic heterocycles. The first kappa shape index (κ1) is 11.2. The van der Waals surface area contributed by atoms with Crippen molar-refractivity contribution in [3.05, 3.63) is 35.4 Å². The van der Waals surface area contributed by atoms with E-state index in [0.717, 1.165) is 13.1 Å². The Hall–Kier alpha value is -0.860. The fourth-order valence-corrected chi connectivity index (χ4v) is 1.56. The van der Waals surface area contributed by atoms with Crippen LogP contribution < -0.4 is 0 Å². The third-order valence-electron chi connectivity index (χ3n) is 1.99. The zero-order valence-electron chi connectivity index (χ0n) is 9.62. The molecule has 2 nitrogen and oxygen atoms in total. The Balaban J connectivity index is 2.68. The van der Waals surface area contributed by atoms with Crippen LogP contribution in [0.15, 0.2) is 24.3 Å². The van der Waals surface area contributed by atoms with Gasteiger partial charge in [-0.1, -0.05) is 24.3 Å². The highest BCUT2D eigenvalue weighted by Crippen LogP contribution is 2.08. The predicted molar refractivity (Wildman–Crippen MR) is 61.2 cm³/mol. The number of hydrogen-bond donors (Lipinski definition) is 0. The minimum Gasteiger partial charge on any atom is -0.305 e. The average molecular weight is 192 g/mol. The lowest BCUT2D eigenvalue weighted by Crippen LogP contribution is -2.13. The largest absolute Gasteiger partial charge is 0.305 e. The summed E-state index contributed by atoms with van der Waals surface area (Å²) in [4.78, 5) is 4.38. The third kappa shape index (κ3) is 3.90. The molecule has 0 fully saturated rings. The van der Waals surface area contributed by atoms with Crippen LogP contribution in [0, 0.1) is 0 Å². The van der Waals surface area contributed by atoms with Crippen molar-refractivity contribution in [3.63, 3.8) is 0 Å². The summed E-state index contributed by atoms with van der Waals surface area (Å²) in [6.45, 7) is 2.03. The lowest BCUT2D eigenvalue weighted by Gasteiger charge is -2.13. The summed E-state index contributed by atoms with van der Waals surface area (Å²) in [5.41, 5.74) is 2.77. The molecule has 0 aliphatic rings. The van der Waals surface area contributed by atoms with Crippen LogP contribution in [0.25, 0.3) is 0 Å². The van der Waals surface area contributed by atoms with Crippen LogP contribution in [0.1, 0.15) is 11.1 Å². The van der Waals surface area contributed by atoms with Crippen molar-refractivity contribution >= 4 is 0 Å². The molecule has 14 heavy (non-hydrogen) atoms. The van der Waals surface area contributed by atoms with Crippen LogP contribution in [-0.2, 0) is 13.1 Å². The molecule has 78 valence electrons. The van der Waals surface area contributed by atoms with Gasteiger partial charge in [-0.2, -0.15) is 0 Å². The maximum Gasteiger partial charge on any atom is 0.0227 e. The predicted octanol–water partition coefficient (Wildman–Crippen LogP) is 1.81. The molecule has 0 unspecified atom stereocenters. The van der Waals surface area contributed by atoms with Crippen molar-refractivity contribution in [3.8, 4) is 0 Å².